The van der Waals surface area contributed by atoms with E-state index < -0.39 is 0 Å². The molecule has 1 heterocycles. The van der Waals surface area contributed by atoms with Crippen molar-refractivity contribution in [3.63, 3.8) is 0 Å². The van der Waals surface area contributed by atoms with Crippen molar-refractivity contribution >= 4 is 35.3 Å². The predicted octanol–water partition coefficient (Wildman–Crippen LogP) is 6.43. The standard InChI is InChI=1S/C18H20OS3/c1-2-17(18-21-12-20-13-22-18)14-8-10-16(11-9-14)19-15-6-4-3-5-7-15/h3-11,17-18H,2,12-13H2,1H3. The lowest BCUT2D eigenvalue weighted by Gasteiger charge is -2.28. The fourth-order valence-electron chi connectivity index (χ4n) is 2.54. The van der Waals surface area contributed by atoms with Gasteiger partial charge in [0.15, 0.2) is 0 Å². The second-order valence-electron chi connectivity index (χ2n) is 5.14. The molecule has 0 aliphatic carbocycles. The molecule has 1 aliphatic rings. The molecule has 0 radical (unpaired) electrons. The number of hydrogen-bond donors (Lipinski definition) is 0. The van der Waals surface area contributed by atoms with E-state index in [2.05, 4.69) is 54.7 Å². The summed E-state index contributed by atoms with van der Waals surface area (Å²) in [5, 5.41) is 2.45. The molecule has 3 rings (SSSR count). The Labute approximate surface area is 145 Å². The molecule has 0 amide bonds. The van der Waals surface area contributed by atoms with Crippen LogP contribution in [0.3, 0.4) is 0 Å². The molecule has 1 atom stereocenters. The number of hydrogen-bond acceptors (Lipinski definition) is 4. The third-order valence-electron chi connectivity index (χ3n) is 3.69. The molecule has 0 bridgehead atoms. The third-order valence-corrected chi connectivity index (χ3v) is 8.24. The van der Waals surface area contributed by atoms with Gasteiger partial charge in [-0.1, -0.05) is 37.3 Å². The van der Waals surface area contributed by atoms with E-state index >= 15 is 0 Å². The van der Waals surface area contributed by atoms with Crippen LogP contribution in [0.25, 0.3) is 0 Å². The van der Waals surface area contributed by atoms with Gasteiger partial charge in [0.1, 0.15) is 11.5 Å². The van der Waals surface area contributed by atoms with Gasteiger partial charge in [0.05, 0.1) is 4.58 Å². The number of benzene rings is 2. The summed E-state index contributed by atoms with van der Waals surface area (Å²) >= 11 is 6.22. The maximum atomic E-state index is 5.88. The number of rotatable bonds is 5. The summed E-state index contributed by atoms with van der Waals surface area (Å²) in [4.78, 5) is 0. The number of thioether (sulfide) groups is 3. The van der Waals surface area contributed by atoms with Crippen LogP contribution in [0.2, 0.25) is 0 Å². The zero-order valence-corrected chi connectivity index (χ0v) is 15.1. The molecule has 0 aromatic heterocycles. The first-order valence-corrected chi connectivity index (χ1v) is 10.8. The summed E-state index contributed by atoms with van der Waals surface area (Å²) in [5.41, 5.74) is 1.43. The summed E-state index contributed by atoms with van der Waals surface area (Å²) in [6.45, 7) is 2.29. The molecule has 0 N–H and O–H groups in total. The molecule has 2 aromatic rings. The van der Waals surface area contributed by atoms with Gasteiger partial charge in [0.25, 0.3) is 0 Å². The van der Waals surface area contributed by atoms with Crippen molar-refractivity contribution in [3.05, 3.63) is 60.2 Å². The molecule has 2 aromatic carbocycles. The lowest BCUT2D eigenvalue weighted by Crippen LogP contribution is -2.14. The minimum absolute atomic E-state index is 0.627. The van der Waals surface area contributed by atoms with Crippen molar-refractivity contribution in [1.29, 1.82) is 0 Å². The molecule has 22 heavy (non-hydrogen) atoms. The van der Waals surface area contributed by atoms with Gasteiger partial charge in [-0.15, -0.1) is 35.3 Å². The smallest absolute Gasteiger partial charge is 0.127 e. The molecular formula is C18H20OS3. The van der Waals surface area contributed by atoms with Crippen LogP contribution in [0.1, 0.15) is 24.8 Å². The molecule has 0 saturated carbocycles. The highest BCUT2D eigenvalue weighted by Crippen LogP contribution is 2.45. The van der Waals surface area contributed by atoms with E-state index in [-0.39, 0.29) is 0 Å². The Kier molecular flexibility index (Phi) is 6.04. The summed E-state index contributed by atoms with van der Waals surface area (Å²) < 4.78 is 6.57. The fraction of sp³-hybridized carbons (Fsp3) is 0.333. The van der Waals surface area contributed by atoms with Crippen molar-refractivity contribution in [2.75, 3.05) is 10.2 Å². The van der Waals surface area contributed by atoms with Gasteiger partial charge in [-0.25, -0.2) is 0 Å². The summed E-state index contributed by atoms with van der Waals surface area (Å²) in [7, 11) is 0. The fourth-order valence-corrected chi connectivity index (χ4v) is 7.81. The van der Waals surface area contributed by atoms with Crippen molar-refractivity contribution in [2.45, 2.75) is 23.8 Å². The average molecular weight is 349 g/mol. The molecule has 116 valence electrons. The third kappa shape index (κ3) is 4.18. The van der Waals surface area contributed by atoms with Gasteiger partial charge in [0, 0.05) is 16.1 Å². The van der Waals surface area contributed by atoms with Crippen LogP contribution in [0.5, 0.6) is 11.5 Å². The molecule has 1 unspecified atom stereocenters. The van der Waals surface area contributed by atoms with E-state index in [1.54, 1.807) is 0 Å². The normalized spacial score (nSPS) is 17.1. The molecular weight excluding hydrogens is 328 g/mol. The lowest BCUT2D eigenvalue weighted by molar-refractivity contribution is 0.482. The zero-order chi connectivity index (χ0) is 15.2. The van der Waals surface area contributed by atoms with Crippen LogP contribution in [0.4, 0.5) is 0 Å². The maximum absolute atomic E-state index is 5.88. The van der Waals surface area contributed by atoms with Gasteiger partial charge in [-0.3, -0.25) is 0 Å². The van der Waals surface area contributed by atoms with Crippen molar-refractivity contribution in [3.8, 4) is 11.5 Å². The van der Waals surface area contributed by atoms with Gasteiger partial charge in [0.2, 0.25) is 0 Å². The van der Waals surface area contributed by atoms with E-state index in [0.717, 1.165) is 11.5 Å². The first-order valence-electron chi connectivity index (χ1n) is 7.50. The van der Waals surface area contributed by atoms with Gasteiger partial charge in [-0.05, 0) is 36.2 Å². The molecule has 4 heteroatoms. The average Bonchev–Trinajstić information content (AvgIpc) is 2.59. The van der Waals surface area contributed by atoms with Crippen molar-refractivity contribution in [1.82, 2.24) is 0 Å². The minimum atomic E-state index is 0.627. The van der Waals surface area contributed by atoms with Crippen LogP contribution in [-0.4, -0.2) is 14.8 Å². The maximum Gasteiger partial charge on any atom is 0.127 e. The topological polar surface area (TPSA) is 9.23 Å². The first kappa shape index (κ1) is 16.2. The first-order chi connectivity index (χ1) is 10.9. The zero-order valence-electron chi connectivity index (χ0n) is 12.6. The molecule has 0 spiro atoms. The Bertz CT molecular complexity index is 565. The Morgan fingerprint density at radius 3 is 2.23 bits per heavy atom. The van der Waals surface area contributed by atoms with E-state index in [1.807, 2.05) is 42.1 Å². The van der Waals surface area contributed by atoms with Gasteiger partial charge >= 0.3 is 0 Å². The minimum Gasteiger partial charge on any atom is -0.457 e. The summed E-state index contributed by atoms with van der Waals surface area (Å²) in [5.74, 6) is 2.42. The lowest BCUT2D eigenvalue weighted by atomic mass is 9.98. The monoisotopic (exact) mass is 348 g/mol. The van der Waals surface area contributed by atoms with Crippen LogP contribution in [0, 0.1) is 0 Å². The highest BCUT2D eigenvalue weighted by atomic mass is 32.3. The highest BCUT2D eigenvalue weighted by Gasteiger charge is 2.25. The van der Waals surface area contributed by atoms with E-state index in [4.69, 9.17) is 4.74 Å². The van der Waals surface area contributed by atoms with E-state index in [0.29, 0.717) is 10.5 Å². The van der Waals surface area contributed by atoms with Gasteiger partial charge < -0.3 is 4.74 Å². The molecule has 1 aliphatic heterocycles. The number of para-hydroxylation sites is 1. The van der Waals surface area contributed by atoms with E-state index in [9.17, 15) is 0 Å². The Morgan fingerprint density at radius 1 is 0.955 bits per heavy atom. The number of ether oxygens (including phenoxy) is 1. The van der Waals surface area contributed by atoms with Crippen molar-refractivity contribution < 1.29 is 4.74 Å². The largest absolute Gasteiger partial charge is 0.457 e. The summed E-state index contributed by atoms with van der Waals surface area (Å²) in [6.07, 6.45) is 1.19. The van der Waals surface area contributed by atoms with Crippen LogP contribution in [-0.2, 0) is 0 Å². The quantitative estimate of drug-likeness (QED) is 0.615. The molecule has 1 saturated heterocycles. The van der Waals surface area contributed by atoms with Crippen molar-refractivity contribution in [2.24, 2.45) is 0 Å². The molecule has 1 nitrogen and oxygen atoms in total. The second kappa shape index (κ2) is 8.23. The Morgan fingerprint density at radius 2 is 1.59 bits per heavy atom. The predicted molar refractivity (Wildman–Crippen MR) is 102 cm³/mol. The van der Waals surface area contributed by atoms with E-state index in [1.165, 1.54) is 22.2 Å². The Balaban J connectivity index is 1.69. The van der Waals surface area contributed by atoms with Crippen LogP contribution >= 0.6 is 35.3 Å². The van der Waals surface area contributed by atoms with Crippen LogP contribution < -0.4 is 4.74 Å². The SMILES string of the molecule is CCC(c1ccc(Oc2ccccc2)cc1)C1SCSCS1. The second-order valence-corrected chi connectivity index (χ2v) is 9.42. The van der Waals surface area contributed by atoms with Gasteiger partial charge in [-0.2, -0.15) is 0 Å². The van der Waals surface area contributed by atoms with Crippen LogP contribution in [0.15, 0.2) is 54.6 Å². The Hall–Kier alpha value is -0.710. The highest BCUT2D eigenvalue weighted by molar-refractivity contribution is 8.32. The summed E-state index contributed by atoms with van der Waals surface area (Å²) in [6, 6.07) is 18.6. The molecule has 1 fully saturated rings.